The van der Waals surface area contributed by atoms with Crippen LogP contribution in [-0.4, -0.2) is 51.8 Å². The van der Waals surface area contributed by atoms with Gasteiger partial charge in [0.05, 0.1) is 17.3 Å². The summed E-state index contributed by atoms with van der Waals surface area (Å²) >= 11 is 0. The van der Waals surface area contributed by atoms with Crippen molar-refractivity contribution in [1.82, 2.24) is 24.6 Å². The molecule has 0 aliphatic heterocycles. The summed E-state index contributed by atoms with van der Waals surface area (Å²) in [5.41, 5.74) is 1.29. The number of aromatic nitrogens is 4. The molecule has 1 aromatic carbocycles. The van der Waals surface area contributed by atoms with E-state index in [2.05, 4.69) is 25.3 Å². The second-order valence-corrected chi connectivity index (χ2v) is 5.58. The predicted octanol–water partition coefficient (Wildman–Crippen LogP) is 2.32. The molecule has 23 heavy (non-hydrogen) atoms. The number of anilines is 1. The smallest absolute Gasteiger partial charge is 0.168 e. The maximum Gasteiger partial charge on any atom is 0.168 e. The molecule has 7 heteroatoms. The molecule has 6 nitrogen and oxygen atoms in total. The number of nitrogens with one attached hydrogen (secondary N) is 1. The Morgan fingerprint density at radius 1 is 1.26 bits per heavy atom. The Morgan fingerprint density at radius 3 is 2.91 bits per heavy atom. The van der Waals surface area contributed by atoms with Gasteiger partial charge >= 0.3 is 0 Å². The Hall–Kier alpha value is -2.54. The number of hydrogen-bond donors (Lipinski definition) is 1. The molecular weight excluding hydrogens is 295 g/mol. The van der Waals surface area contributed by atoms with Crippen molar-refractivity contribution in [2.45, 2.75) is 6.42 Å². The fourth-order valence-electron chi connectivity index (χ4n) is 2.38. The van der Waals surface area contributed by atoms with E-state index in [9.17, 15) is 4.39 Å². The van der Waals surface area contributed by atoms with E-state index in [1.807, 2.05) is 14.1 Å². The second-order valence-electron chi connectivity index (χ2n) is 5.58. The fourth-order valence-corrected chi connectivity index (χ4v) is 2.38. The van der Waals surface area contributed by atoms with Crippen LogP contribution in [0.15, 0.2) is 36.8 Å². The van der Waals surface area contributed by atoms with Crippen molar-refractivity contribution in [1.29, 1.82) is 0 Å². The lowest BCUT2D eigenvalue weighted by atomic mass is 10.3. The van der Waals surface area contributed by atoms with Gasteiger partial charge in [-0.3, -0.25) is 0 Å². The highest BCUT2D eigenvalue weighted by molar-refractivity contribution is 5.87. The zero-order chi connectivity index (χ0) is 16.2. The van der Waals surface area contributed by atoms with Gasteiger partial charge in [-0.15, -0.1) is 0 Å². The van der Waals surface area contributed by atoms with Crippen molar-refractivity contribution in [2.75, 3.05) is 32.5 Å². The van der Waals surface area contributed by atoms with Gasteiger partial charge in [-0.05, 0) is 45.3 Å². The van der Waals surface area contributed by atoms with E-state index in [4.69, 9.17) is 0 Å². The number of nitrogens with zero attached hydrogens (tertiary/aromatic N) is 5. The summed E-state index contributed by atoms with van der Waals surface area (Å²) in [6.07, 6.45) is 4.21. The summed E-state index contributed by atoms with van der Waals surface area (Å²) in [6.45, 7) is 1.82. The molecule has 1 N–H and O–H groups in total. The molecule has 0 amide bonds. The molecule has 0 bridgehead atoms. The van der Waals surface area contributed by atoms with E-state index in [1.165, 1.54) is 18.5 Å². The van der Waals surface area contributed by atoms with E-state index in [0.717, 1.165) is 30.7 Å². The highest BCUT2D eigenvalue weighted by atomic mass is 19.1. The van der Waals surface area contributed by atoms with Gasteiger partial charge in [-0.2, -0.15) is 5.10 Å². The second kappa shape index (κ2) is 6.70. The molecule has 120 valence electrons. The first kappa shape index (κ1) is 15.4. The minimum atomic E-state index is -0.303. The lowest BCUT2D eigenvalue weighted by molar-refractivity contribution is 0.405. The highest BCUT2D eigenvalue weighted by Crippen LogP contribution is 2.21. The topological polar surface area (TPSA) is 58.9 Å². The maximum absolute atomic E-state index is 13.4. The quantitative estimate of drug-likeness (QED) is 0.708. The van der Waals surface area contributed by atoms with Gasteiger partial charge < -0.3 is 10.2 Å². The standard InChI is InChI=1S/C16H19FN6/c1-22(2)8-4-7-18-15-14-10-21-23(16(14)20-11-19-15)13-6-3-5-12(17)9-13/h3,5-6,9-11H,4,7-8H2,1-2H3,(H,18,19,20). The number of benzene rings is 1. The third kappa shape index (κ3) is 3.45. The molecule has 0 spiro atoms. The molecule has 2 aromatic heterocycles. The van der Waals surface area contributed by atoms with Crippen LogP contribution in [0.4, 0.5) is 10.2 Å². The normalized spacial score (nSPS) is 11.3. The molecule has 0 fully saturated rings. The summed E-state index contributed by atoms with van der Waals surface area (Å²) in [4.78, 5) is 10.7. The van der Waals surface area contributed by atoms with Crippen molar-refractivity contribution >= 4 is 16.9 Å². The maximum atomic E-state index is 13.4. The van der Waals surface area contributed by atoms with Gasteiger partial charge in [-0.25, -0.2) is 19.0 Å². The van der Waals surface area contributed by atoms with Gasteiger partial charge in [0.2, 0.25) is 0 Å². The Labute approximate surface area is 134 Å². The molecule has 0 radical (unpaired) electrons. The first-order chi connectivity index (χ1) is 11.1. The Bertz CT molecular complexity index is 798. The molecule has 3 rings (SSSR count). The van der Waals surface area contributed by atoms with E-state index in [1.54, 1.807) is 23.0 Å². The molecule has 0 atom stereocenters. The molecule has 2 heterocycles. The van der Waals surface area contributed by atoms with Crippen LogP contribution in [0.2, 0.25) is 0 Å². The van der Waals surface area contributed by atoms with Crippen LogP contribution in [0.3, 0.4) is 0 Å². The van der Waals surface area contributed by atoms with Crippen molar-refractivity contribution in [2.24, 2.45) is 0 Å². The predicted molar refractivity (Wildman–Crippen MR) is 88.3 cm³/mol. The molecule has 3 aromatic rings. The Morgan fingerprint density at radius 2 is 2.13 bits per heavy atom. The Kier molecular flexibility index (Phi) is 4.47. The van der Waals surface area contributed by atoms with Crippen molar-refractivity contribution < 1.29 is 4.39 Å². The minimum absolute atomic E-state index is 0.303. The molecule has 0 unspecified atom stereocenters. The van der Waals surface area contributed by atoms with Gasteiger partial charge in [0.25, 0.3) is 0 Å². The Balaban J connectivity index is 1.85. The van der Waals surface area contributed by atoms with E-state index in [-0.39, 0.29) is 5.82 Å². The summed E-state index contributed by atoms with van der Waals surface area (Å²) in [7, 11) is 4.10. The van der Waals surface area contributed by atoms with E-state index in [0.29, 0.717) is 11.3 Å². The van der Waals surface area contributed by atoms with E-state index >= 15 is 0 Å². The van der Waals surface area contributed by atoms with Crippen LogP contribution in [-0.2, 0) is 0 Å². The lowest BCUT2D eigenvalue weighted by Gasteiger charge is -2.10. The molecule has 0 saturated carbocycles. The average molecular weight is 314 g/mol. The van der Waals surface area contributed by atoms with E-state index < -0.39 is 0 Å². The van der Waals surface area contributed by atoms with Gasteiger partial charge in [0.15, 0.2) is 5.65 Å². The third-order valence-corrected chi connectivity index (χ3v) is 3.49. The average Bonchev–Trinajstić information content (AvgIpc) is 2.96. The molecule has 0 aliphatic rings. The van der Waals surface area contributed by atoms with Gasteiger partial charge in [0.1, 0.15) is 18.0 Å². The summed E-state index contributed by atoms with van der Waals surface area (Å²) in [5, 5.41) is 8.46. The van der Waals surface area contributed by atoms with Gasteiger partial charge in [-0.1, -0.05) is 6.07 Å². The zero-order valence-electron chi connectivity index (χ0n) is 13.2. The van der Waals surface area contributed by atoms with Crippen molar-refractivity contribution in [3.63, 3.8) is 0 Å². The highest BCUT2D eigenvalue weighted by Gasteiger charge is 2.11. The number of fused-ring (bicyclic) bond motifs is 1. The summed E-state index contributed by atoms with van der Waals surface area (Å²) in [6, 6.07) is 6.28. The fraction of sp³-hybridized carbons (Fsp3) is 0.312. The monoisotopic (exact) mass is 314 g/mol. The van der Waals surface area contributed by atoms with Crippen LogP contribution < -0.4 is 5.32 Å². The van der Waals surface area contributed by atoms with Crippen molar-refractivity contribution in [3.05, 3.63) is 42.6 Å². The lowest BCUT2D eigenvalue weighted by Crippen LogP contribution is -2.16. The first-order valence-corrected chi connectivity index (χ1v) is 7.48. The molecule has 0 aliphatic carbocycles. The van der Waals surface area contributed by atoms with Crippen LogP contribution in [0.1, 0.15) is 6.42 Å². The SMILES string of the molecule is CN(C)CCCNc1ncnc2c1cnn2-c1cccc(F)c1. The minimum Gasteiger partial charge on any atom is -0.369 e. The molecule has 0 saturated heterocycles. The van der Waals surface area contributed by atoms with Crippen LogP contribution in [0, 0.1) is 5.82 Å². The third-order valence-electron chi connectivity index (χ3n) is 3.49. The first-order valence-electron chi connectivity index (χ1n) is 7.48. The van der Waals surface area contributed by atoms with Gasteiger partial charge in [0, 0.05) is 6.54 Å². The molecular formula is C16H19FN6. The van der Waals surface area contributed by atoms with Crippen molar-refractivity contribution in [3.8, 4) is 5.69 Å². The largest absolute Gasteiger partial charge is 0.369 e. The van der Waals surface area contributed by atoms with Crippen LogP contribution >= 0.6 is 0 Å². The summed E-state index contributed by atoms with van der Waals surface area (Å²) in [5.74, 6) is 0.443. The van der Waals surface area contributed by atoms with Crippen LogP contribution in [0.25, 0.3) is 16.7 Å². The van der Waals surface area contributed by atoms with Crippen LogP contribution in [0.5, 0.6) is 0 Å². The number of rotatable bonds is 6. The zero-order valence-corrected chi connectivity index (χ0v) is 13.2. The summed E-state index contributed by atoms with van der Waals surface area (Å²) < 4.78 is 15.0. The number of halogens is 1. The number of hydrogen-bond acceptors (Lipinski definition) is 5.